The monoisotopic (exact) mass is 396 g/mol. The summed E-state index contributed by atoms with van der Waals surface area (Å²) in [5.41, 5.74) is 3.47. The van der Waals surface area contributed by atoms with Gasteiger partial charge in [-0.1, -0.05) is 37.8 Å². The Morgan fingerprint density at radius 2 is 1.54 bits per heavy atom. The lowest BCUT2D eigenvalue weighted by Crippen LogP contribution is -2.13. The fraction of sp³-hybridized carbons (Fsp3) is 0.136. The van der Waals surface area contributed by atoms with Gasteiger partial charge in [-0.15, -0.1) is 0 Å². The molecular weight excluding hydrogens is 372 g/mol. The van der Waals surface area contributed by atoms with Gasteiger partial charge in [0.1, 0.15) is 11.6 Å². The number of nitrogens with zero attached hydrogens (tertiary/aromatic N) is 1. The number of aromatic hydroxyl groups is 1. The van der Waals surface area contributed by atoms with Crippen molar-refractivity contribution < 1.29 is 13.5 Å². The highest BCUT2D eigenvalue weighted by atomic mass is 32.2. The Balaban J connectivity index is 0.00000280. The van der Waals surface area contributed by atoms with Gasteiger partial charge in [0, 0.05) is 6.20 Å². The van der Waals surface area contributed by atoms with E-state index in [2.05, 4.69) is 9.71 Å². The molecule has 1 aromatic heterocycles. The average molecular weight is 397 g/mol. The second-order valence-corrected chi connectivity index (χ2v) is 7.91. The molecule has 0 unspecified atom stereocenters. The van der Waals surface area contributed by atoms with Crippen molar-refractivity contribution in [1.82, 2.24) is 4.98 Å². The molecule has 146 valence electrons. The van der Waals surface area contributed by atoms with E-state index in [-0.39, 0.29) is 18.1 Å². The summed E-state index contributed by atoms with van der Waals surface area (Å²) < 4.78 is 27.3. The number of sulfonamides is 1. The summed E-state index contributed by atoms with van der Waals surface area (Å²) in [5, 5.41) is 9.84. The van der Waals surface area contributed by atoms with Crippen molar-refractivity contribution in [3.8, 4) is 5.75 Å². The second-order valence-electron chi connectivity index (χ2n) is 6.23. The minimum absolute atomic E-state index is 0. The van der Waals surface area contributed by atoms with E-state index in [1.165, 1.54) is 6.20 Å². The fourth-order valence-electron chi connectivity index (χ4n) is 2.66. The third-order valence-corrected chi connectivity index (χ3v) is 5.45. The van der Waals surface area contributed by atoms with Crippen LogP contribution in [0.4, 0.5) is 5.82 Å². The maximum absolute atomic E-state index is 12.4. The molecule has 28 heavy (non-hydrogen) atoms. The summed E-state index contributed by atoms with van der Waals surface area (Å²) in [6.07, 6.45) is 5.35. The molecule has 0 fully saturated rings. The van der Waals surface area contributed by atoms with Crippen LogP contribution in [0.3, 0.4) is 0 Å². The zero-order valence-electron chi connectivity index (χ0n) is 15.0. The number of aryl methyl sites for hydroxylation is 2. The van der Waals surface area contributed by atoms with E-state index in [4.69, 9.17) is 0 Å². The van der Waals surface area contributed by atoms with Gasteiger partial charge in [0.25, 0.3) is 10.0 Å². The summed E-state index contributed by atoms with van der Waals surface area (Å²) in [6, 6.07) is 15.4. The van der Waals surface area contributed by atoms with Crippen LogP contribution >= 0.6 is 0 Å². The number of benzene rings is 2. The molecule has 0 aliphatic carbocycles. The van der Waals surface area contributed by atoms with Crippen LogP contribution < -0.4 is 4.72 Å². The number of rotatable bonds is 5. The minimum Gasteiger partial charge on any atom is -0.507 e. The molecule has 0 spiro atoms. The average Bonchev–Trinajstić information content (AvgIpc) is 2.65. The van der Waals surface area contributed by atoms with Crippen molar-refractivity contribution in [2.45, 2.75) is 26.2 Å². The van der Waals surface area contributed by atoms with Crippen molar-refractivity contribution in [1.29, 1.82) is 0 Å². The van der Waals surface area contributed by atoms with Crippen molar-refractivity contribution in [2.75, 3.05) is 4.72 Å². The lowest BCUT2D eigenvalue weighted by molar-refractivity contribution is 0.467. The van der Waals surface area contributed by atoms with Crippen LogP contribution in [0.2, 0.25) is 0 Å². The van der Waals surface area contributed by atoms with Gasteiger partial charge in [-0.05, 0) is 72.5 Å². The first-order valence-corrected chi connectivity index (χ1v) is 9.86. The first kappa shape index (κ1) is 21.2. The zero-order chi connectivity index (χ0) is 19.4. The van der Waals surface area contributed by atoms with Crippen LogP contribution in [-0.2, 0) is 10.0 Å². The maximum atomic E-state index is 12.4. The summed E-state index contributed by atoms with van der Waals surface area (Å²) in [6.45, 7) is 3.71. The Morgan fingerprint density at radius 1 is 0.929 bits per heavy atom. The van der Waals surface area contributed by atoms with Gasteiger partial charge < -0.3 is 5.11 Å². The molecule has 3 aromatic rings. The van der Waals surface area contributed by atoms with Gasteiger partial charge >= 0.3 is 0 Å². The molecule has 0 atom stereocenters. The molecule has 0 aliphatic heterocycles. The molecule has 0 bridgehead atoms. The molecule has 1 heterocycles. The van der Waals surface area contributed by atoms with Crippen LogP contribution in [0.1, 0.15) is 29.7 Å². The highest BCUT2D eigenvalue weighted by Gasteiger charge is 2.14. The minimum atomic E-state index is -3.68. The van der Waals surface area contributed by atoms with Crippen molar-refractivity contribution in [3.63, 3.8) is 0 Å². The molecule has 2 aromatic carbocycles. The Kier molecular flexibility index (Phi) is 6.59. The van der Waals surface area contributed by atoms with Crippen molar-refractivity contribution in [2.24, 2.45) is 0 Å². The van der Waals surface area contributed by atoms with Crippen LogP contribution in [0.15, 0.2) is 65.7 Å². The Labute approximate surface area is 166 Å². The van der Waals surface area contributed by atoms with E-state index < -0.39 is 10.0 Å². The Morgan fingerprint density at radius 3 is 2.11 bits per heavy atom. The smallest absolute Gasteiger partial charge is 0.263 e. The van der Waals surface area contributed by atoms with Crippen molar-refractivity contribution in [3.05, 3.63) is 83.0 Å². The van der Waals surface area contributed by atoms with E-state index >= 15 is 0 Å². The summed E-state index contributed by atoms with van der Waals surface area (Å²) >= 11 is 0. The van der Waals surface area contributed by atoms with Gasteiger partial charge in [0.05, 0.1) is 4.90 Å². The molecule has 0 aliphatic rings. The van der Waals surface area contributed by atoms with E-state index in [1.807, 2.05) is 38.1 Å². The third kappa shape index (κ3) is 4.98. The van der Waals surface area contributed by atoms with Gasteiger partial charge in [-0.2, -0.15) is 0 Å². The topological polar surface area (TPSA) is 79.3 Å². The highest BCUT2D eigenvalue weighted by Crippen LogP contribution is 2.24. The lowest BCUT2D eigenvalue weighted by atomic mass is 10.0. The van der Waals surface area contributed by atoms with E-state index in [1.54, 1.807) is 42.5 Å². The molecule has 0 saturated heterocycles. The summed E-state index contributed by atoms with van der Waals surface area (Å²) in [7, 11) is -3.68. The lowest BCUT2D eigenvalue weighted by Gasteiger charge is -2.07. The van der Waals surface area contributed by atoms with Gasteiger partial charge in [-0.3, -0.25) is 4.72 Å². The van der Waals surface area contributed by atoms with Gasteiger partial charge in [-0.25, -0.2) is 13.4 Å². The normalized spacial score (nSPS) is 11.2. The number of hydrogen-bond acceptors (Lipinski definition) is 4. The molecule has 0 radical (unpaired) electrons. The summed E-state index contributed by atoms with van der Waals surface area (Å²) in [4.78, 5) is 4.14. The molecule has 6 heteroatoms. The molecule has 5 nitrogen and oxygen atoms in total. The molecule has 0 amide bonds. The number of hydrogen-bond donors (Lipinski definition) is 2. The van der Waals surface area contributed by atoms with Crippen molar-refractivity contribution >= 4 is 28.0 Å². The standard InChI is InChI=1S/C21H20N2O3S.CH4/c1-15-13-18(14-16(2)21(15)24)7-6-17-8-10-19(11-9-17)27(25,26)23-20-5-3-4-12-22-20;/h3-14,24H,1-2H3,(H,22,23);1H4/b7-6+;. The van der Waals surface area contributed by atoms with Crippen LogP contribution in [-0.4, -0.2) is 18.5 Å². The maximum Gasteiger partial charge on any atom is 0.263 e. The van der Waals surface area contributed by atoms with Gasteiger partial charge in [0.2, 0.25) is 0 Å². The quantitative estimate of drug-likeness (QED) is 0.594. The zero-order valence-corrected chi connectivity index (χ0v) is 15.9. The van der Waals surface area contributed by atoms with Crippen LogP contribution in [0, 0.1) is 13.8 Å². The number of anilines is 1. The Bertz CT molecular complexity index is 1050. The highest BCUT2D eigenvalue weighted by molar-refractivity contribution is 7.92. The first-order chi connectivity index (χ1) is 12.8. The number of pyridine rings is 1. The number of phenols is 1. The number of aromatic nitrogens is 1. The van der Waals surface area contributed by atoms with E-state index in [9.17, 15) is 13.5 Å². The fourth-order valence-corrected chi connectivity index (χ4v) is 3.66. The van der Waals surface area contributed by atoms with E-state index in [0.29, 0.717) is 5.75 Å². The largest absolute Gasteiger partial charge is 0.507 e. The van der Waals surface area contributed by atoms with Crippen LogP contribution in [0.25, 0.3) is 12.2 Å². The number of nitrogens with one attached hydrogen (secondary N) is 1. The third-order valence-electron chi connectivity index (χ3n) is 4.08. The summed E-state index contributed by atoms with van der Waals surface area (Å²) in [5.74, 6) is 0.585. The molecule has 2 N–H and O–H groups in total. The predicted molar refractivity (Wildman–Crippen MR) is 115 cm³/mol. The SMILES string of the molecule is C.Cc1cc(/C=C/c2ccc(S(=O)(=O)Nc3ccccn3)cc2)cc(C)c1O. The van der Waals surface area contributed by atoms with Gasteiger partial charge in [0.15, 0.2) is 0 Å². The van der Waals surface area contributed by atoms with E-state index in [0.717, 1.165) is 22.3 Å². The molecular formula is C22H24N2O3S. The second kappa shape index (κ2) is 8.71. The first-order valence-electron chi connectivity index (χ1n) is 8.37. The predicted octanol–water partition coefficient (Wildman–Crippen LogP) is 5.01. The Hall–Kier alpha value is -3.12. The number of phenolic OH excluding ortho intramolecular Hbond substituents is 1. The van der Waals surface area contributed by atoms with Crippen LogP contribution in [0.5, 0.6) is 5.75 Å². The molecule has 0 saturated carbocycles. The molecule has 3 rings (SSSR count).